The fourth-order valence-electron chi connectivity index (χ4n) is 1.44. The first-order chi connectivity index (χ1) is 7.56. The quantitative estimate of drug-likeness (QED) is 0.845. The second-order valence-electron chi connectivity index (χ2n) is 3.41. The average Bonchev–Trinajstić information content (AvgIpc) is 2.19. The van der Waals surface area contributed by atoms with Crippen LogP contribution in [0.1, 0.15) is 6.42 Å². The molecule has 1 aromatic carbocycles. The molecule has 16 heavy (non-hydrogen) atoms. The summed E-state index contributed by atoms with van der Waals surface area (Å²) < 4.78 is 0. The summed E-state index contributed by atoms with van der Waals surface area (Å²) in [5.41, 5.74) is 5.76. The highest BCUT2D eigenvalue weighted by molar-refractivity contribution is 8.01. The summed E-state index contributed by atoms with van der Waals surface area (Å²) in [4.78, 5) is 23.3. The van der Waals surface area contributed by atoms with Crippen LogP contribution in [0, 0.1) is 0 Å². The zero-order valence-corrected chi connectivity index (χ0v) is 9.77. The van der Waals surface area contributed by atoms with Gasteiger partial charge in [0.15, 0.2) is 0 Å². The molecule has 1 aromatic rings. The molecule has 0 fully saturated rings. The molecule has 0 spiro atoms. The van der Waals surface area contributed by atoms with Crippen LogP contribution in [-0.4, -0.2) is 17.1 Å². The van der Waals surface area contributed by atoms with Gasteiger partial charge < -0.3 is 11.1 Å². The third-order valence-electron chi connectivity index (χ3n) is 2.15. The molecule has 1 atom stereocenters. The number of halogens is 1. The molecule has 1 aliphatic rings. The van der Waals surface area contributed by atoms with Crippen molar-refractivity contribution in [2.75, 3.05) is 5.32 Å². The van der Waals surface area contributed by atoms with Gasteiger partial charge in [-0.25, -0.2) is 0 Å². The number of hydrogen-bond acceptors (Lipinski definition) is 3. The van der Waals surface area contributed by atoms with Gasteiger partial charge in [-0.3, -0.25) is 9.59 Å². The van der Waals surface area contributed by atoms with Crippen molar-refractivity contribution < 1.29 is 9.59 Å². The van der Waals surface area contributed by atoms with Crippen molar-refractivity contribution in [3.8, 4) is 0 Å². The van der Waals surface area contributed by atoms with Gasteiger partial charge in [-0.15, -0.1) is 11.8 Å². The Balaban J connectivity index is 2.25. The predicted octanol–water partition coefficient (Wildman–Crippen LogP) is 1.63. The summed E-state index contributed by atoms with van der Waals surface area (Å²) in [6, 6.07) is 5.24. The van der Waals surface area contributed by atoms with Gasteiger partial charge >= 0.3 is 0 Å². The van der Waals surface area contributed by atoms with Crippen molar-refractivity contribution in [2.45, 2.75) is 16.6 Å². The van der Waals surface area contributed by atoms with Gasteiger partial charge in [0.2, 0.25) is 11.8 Å². The summed E-state index contributed by atoms with van der Waals surface area (Å²) in [6.45, 7) is 0. The predicted molar refractivity (Wildman–Crippen MR) is 63.5 cm³/mol. The summed E-state index contributed by atoms with van der Waals surface area (Å²) in [5.74, 6) is -0.691. The van der Waals surface area contributed by atoms with Gasteiger partial charge in [-0.2, -0.15) is 0 Å². The topological polar surface area (TPSA) is 72.2 Å². The first kappa shape index (κ1) is 11.3. The lowest BCUT2D eigenvalue weighted by Gasteiger charge is -2.23. The number of rotatable bonds is 2. The molecule has 0 aromatic heterocycles. The number of nitrogens with two attached hydrogens (primary N) is 1. The van der Waals surface area contributed by atoms with E-state index in [9.17, 15) is 9.59 Å². The SMILES string of the molecule is NC(=O)CC1Sc2ccc(Cl)cc2NC1=O. The van der Waals surface area contributed by atoms with Crippen LogP contribution in [0.4, 0.5) is 5.69 Å². The van der Waals surface area contributed by atoms with Gasteiger partial charge in [-0.05, 0) is 18.2 Å². The van der Waals surface area contributed by atoms with E-state index in [-0.39, 0.29) is 12.3 Å². The maximum Gasteiger partial charge on any atom is 0.238 e. The maximum atomic E-state index is 11.6. The van der Waals surface area contributed by atoms with Crippen molar-refractivity contribution >= 4 is 40.9 Å². The van der Waals surface area contributed by atoms with Gasteiger partial charge in [-0.1, -0.05) is 11.6 Å². The Morgan fingerprint density at radius 2 is 2.31 bits per heavy atom. The van der Waals surface area contributed by atoms with Crippen molar-refractivity contribution in [3.05, 3.63) is 23.2 Å². The van der Waals surface area contributed by atoms with E-state index in [4.69, 9.17) is 17.3 Å². The van der Waals surface area contributed by atoms with E-state index >= 15 is 0 Å². The van der Waals surface area contributed by atoms with Crippen LogP contribution in [-0.2, 0) is 9.59 Å². The molecule has 2 rings (SSSR count). The van der Waals surface area contributed by atoms with Crippen LogP contribution in [0.25, 0.3) is 0 Å². The fraction of sp³-hybridized carbons (Fsp3) is 0.200. The van der Waals surface area contributed by atoms with Gasteiger partial charge in [0.25, 0.3) is 0 Å². The fourth-order valence-corrected chi connectivity index (χ4v) is 2.72. The molecule has 0 bridgehead atoms. The molecule has 1 unspecified atom stereocenters. The number of primary amides is 1. The number of anilines is 1. The Bertz CT molecular complexity index is 464. The van der Waals surface area contributed by atoms with Gasteiger partial charge in [0.05, 0.1) is 10.9 Å². The number of hydrogen-bond donors (Lipinski definition) is 2. The first-order valence-corrected chi connectivity index (χ1v) is 5.87. The Labute approximate surface area is 102 Å². The van der Waals surface area contributed by atoms with Gasteiger partial charge in [0.1, 0.15) is 0 Å². The Morgan fingerprint density at radius 3 is 3.00 bits per heavy atom. The number of benzene rings is 1. The normalized spacial score (nSPS) is 18.8. The third-order valence-corrected chi connectivity index (χ3v) is 3.66. The highest BCUT2D eigenvalue weighted by Gasteiger charge is 2.28. The molecule has 0 aliphatic carbocycles. The molecule has 6 heteroatoms. The zero-order valence-electron chi connectivity index (χ0n) is 8.20. The highest BCUT2D eigenvalue weighted by atomic mass is 35.5. The standard InChI is InChI=1S/C10H9ClN2O2S/c11-5-1-2-7-6(3-5)13-10(15)8(16-7)4-9(12)14/h1-3,8H,4H2,(H2,12,14)(H,13,15). The van der Waals surface area contributed by atoms with E-state index in [0.29, 0.717) is 10.7 Å². The van der Waals surface area contributed by atoms with Crippen LogP contribution >= 0.6 is 23.4 Å². The van der Waals surface area contributed by atoms with Crippen molar-refractivity contribution in [2.24, 2.45) is 5.73 Å². The molecule has 0 saturated carbocycles. The van der Waals surface area contributed by atoms with E-state index < -0.39 is 11.2 Å². The molecule has 2 amide bonds. The minimum atomic E-state index is -0.481. The van der Waals surface area contributed by atoms with E-state index in [2.05, 4.69) is 5.32 Å². The smallest absolute Gasteiger partial charge is 0.238 e. The Hall–Kier alpha value is -1.20. The van der Waals surface area contributed by atoms with Crippen LogP contribution in [0.5, 0.6) is 0 Å². The van der Waals surface area contributed by atoms with Crippen molar-refractivity contribution in [3.63, 3.8) is 0 Å². The van der Waals surface area contributed by atoms with E-state index in [0.717, 1.165) is 4.90 Å². The molecular formula is C10H9ClN2O2S. The highest BCUT2D eigenvalue weighted by Crippen LogP contribution is 2.38. The Kier molecular flexibility index (Phi) is 3.07. The molecule has 0 saturated heterocycles. The lowest BCUT2D eigenvalue weighted by Crippen LogP contribution is -2.32. The first-order valence-electron chi connectivity index (χ1n) is 4.61. The minimum Gasteiger partial charge on any atom is -0.370 e. The van der Waals surface area contributed by atoms with E-state index in [1.54, 1.807) is 12.1 Å². The summed E-state index contributed by atoms with van der Waals surface area (Å²) in [7, 11) is 0. The summed E-state index contributed by atoms with van der Waals surface area (Å²) in [5, 5.41) is 2.81. The second kappa shape index (κ2) is 4.35. The molecule has 4 nitrogen and oxygen atoms in total. The van der Waals surface area contributed by atoms with Crippen LogP contribution in [0.15, 0.2) is 23.1 Å². The maximum absolute atomic E-state index is 11.6. The van der Waals surface area contributed by atoms with Crippen molar-refractivity contribution in [1.82, 2.24) is 0 Å². The molecule has 84 valence electrons. The number of fused-ring (bicyclic) bond motifs is 1. The van der Waals surface area contributed by atoms with E-state index in [1.807, 2.05) is 6.07 Å². The molecule has 1 aliphatic heterocycles. The molecule has 3 N–H and O–H groups in total. The van der Waals surface area contributed by atoms with Crippen LogP contribution < -0.4 is 11.1 Å². The number of carbonyl (C=O) groups is 2. The molecule has 1 heterocycles. The summed E-state index contributed by atoms with van der Waals surface area (Å²) in [6.07, 6.45) is 0.0402. The summed E-state index contributed by atoms with van der Waals surface area (Å²) >= 11 is 7.14. The third kappa shape index (κ3) is 2.31. The van der Waals surface area contributed by atoms with Crippen molar-refractivity contribution in [1.29, 1.82) is 0 Å². The lowest BCUT2D eigenvalue weighted by molar-refractivity contribution is -0.121. The zero-order chi connectivity index (χ0) is 11.7. The van der Waals surface area contributed by atoms with Gasteiger partial charge in [0, 0.05) is 16.3 Å². The monoisotopic (exact) mass is 256 g/mol. The molecular weight excluding hydrogens is 248 g/mol. The number of thioether (sulfide) groups is 1. The van der Waals surface area contributed by atoms with Crippen LogP contribution in [0.2, 0.25) is 5.02 Å². The second-order valence-corrected chi connectivity index (χ2v) is 5.09. The minimum absolute atomic E-state index is 0.0402. The average molecular weight is 257 g/mol. The molecule has 0 radical (unpaired) electrons. The van der Waals surface area contributed by atoms with E-state index in [1.165, 1.54) is 11.8 Å². The van der Waals surface area contributed by atoms with Crippen LogP contribution in [0.3, 0.4) is 0 Å². The number of amides is 2. The number of carbonyl (C=O) groups excluding carboxylic acids is 2. The number of nitrogens with one attached hydrogen (secondary N) is 1. The lowest BCUT2D eigenvalue weighted by atomic mass is 10.2. The largest absolute Gasteiger partial charge is 0.370 e. The Morgan fingerprint density at radius 1 is 1.56 bits per heavy atom.